The molecule has 1 aromatic heterocycles. The number of nitrogens with one attached hydrogen (secondary N) is 1. The van der Waals surface area contributed by atoms with Gasteiger partial charge in [-0.25, -0.2) is 0 Å². The van der Waals surface area contributed by atoms with E-state index < -0.39 is 5.60 Å². The van der Waals surface area contributed by atoms with Gasteiger partial charge in [-0.05, 0) is 30.7 Å². The molecule has 1 fully saturated rings. The largest absolute Gasteiger partial charge is 0.379 e. The summed E-state index contributed by atoms with van der Waals surface area (Å²) >= 11 is 3.40. The van der Waals surface area contributed by atoms with E-state index in [4.69, 9.17) is 4.52 Å². The Morgan fingerprint density at radius 2 is 2.16 bits per heavy atom. The van der Waals surface area contributed by atoms with Crippen LogP contribution in [0.25, 0.3) is 0 Å². The molecule has 1 atom stereocenters. The number of halogens is 1. The molecular formula is C13H14BrN3O2. The molecule has 0 radical (unpaired) electrons. The fraction of sp³-hybridized carbons (Fsp3) is 0.385. The van der Waals surface area contributed by atoms with Crippen LogP contribution < -0.4 is 5.32 Å². The quantitative estimate of drug-likeness (QED) is 0.897. The molecule has 1 aliphatic rings. The molecule has 0 aliphatic carbocycles. The van der Waals surface area contributed by atoms with Gasteiger partial charge in [-0.15, -0.1) is 0 Å². The van der Waals surface area contributed by atoms with Gasteiger partial charge in [-0.2, -0.15) is 4.98 Å². The highest BCUT2D eigenvalue weighted by Gasteiger charge is 2.38. The summed E-state index contributed by atoms with van der Waals surface area (Å²) in [4.78, 5) is 4.30. The third-order valence-corrected chi connectivity index (χ3v) is 3.80. The first kappa shape index (κ1) is 12.8. The Balaban J connectivity index is 1.76. The van der Waals surface area contributed by atoms with E-state index in [0.29, 0.717) is 31.1 Å². The summed E-state index contributed by atoms with van der Waals surface area (Å²) in [5.74, 6) is 0.905. The Kier molecular flexibility index (Phi) is 3.38. The van der Waals surface area contributed by atoms with Crippen molar-refractivity contribution in [3.8, 4) is 0 Å². The van der Waals surface area contributed by atoms with Crippen molar-refractivity contribution < 1.29 is 9.63 Å². The molecule has 1 saturated heterocycles. The molecule has 2 aromatic rings. The van der Waals surface area contributed by atoms with Crippen LogP contribution >= 0.6 is 15.9 Å². The lowest BCUT2D eigenvalue weighted by Gasteiger charge is -2.14. The highest BCUT2D eigenvalue weighted by Crippen LogP contribution is 2.26. The normalized spacial score (nSPS) is 22.8. The van der Waals surface area contributed by atoms with Crippen LogP contribution in [0.3, 0.4) is 0 Å². The standard InChI is InChI=1S/C13H14BrN3O2/c14-10-3-1-9(2-4-10)7-11-16-12(19-17-11)13(18)5-6-15-8-13/h1-4,15,18H,5-8H2. The van der Waals surface area contributed by atoms with Gasteiger partial charge in [0.15, 0.2) is 11.4 Å². The van der Waals surface area contributed by atoms with Crippen molar-refractivity contribution in [1.82, 2.24) is 15.5 Å². The van der Waals surface area contributed by atoms with Gasteiger partial charge in [0.05, 0.1) is 0 Å². The zero-order valence-corrected chi connectivity index (χ0v) is 11.9. The van der Waals surface area contributed by atoms with E-state index in [2.05, 4.69) is 31.4 Å². The summed E-state index contributed by atoms with van der Waals surface area (Å²) in [6.07, 6.45) is 1.20. The monoisotopic (exact) mass is 323 g/mol. The zero-order chi connectivity index (χ0) is 13.3. The summed E-state index contributed by atoms with van der Waals surface area (Å²) in [6, 6.07) is 7.97. The number of β-amino-alcohol motifs (C(OH)–C–C–N with tert-alkyl or cyclic N) is 1. The Bertz CT molecular complexity index is 562. The van der Waals surface area contributed by atoms with Gasteiger partial charge in [0, 0.05) is 17.4 Å². The molecule has 19 heavy (non-hydrogen) atoms. The SMILES string of the molecule is OC1(c2nc(Cc3ccc(Br)cc3)no2)CCNC1. The van der Waals surface area contributed by atoms with Crippen LogP contribution in [0, 0.1) is 0 Å². The lowest BCUT2D eigenvalue weighted by atomic mass is 10.0. The molecular weight excluding hydrogens is 310 g/mol. The molecule has 0 saturated carbocycles. The maximum Gasteiger partial charge on any atom is 0.259 e. The van der Waals surface area contributed by atoms with E-state index in [1.54, 1.807) is 0 Å². The molecule has 5 nitrogen and oxygen atoms in total. The topological polar surface area (TPSA) is 71.2 Å². The van der Waals surface area contributed by atoms with Crippen LogP contribution in [-0.2, 0) is 12.0 Å². The number of nitrogens with zero attached hydrogens (tertiary/aromatic N) is 2. The lowest BCUT2D eigenvalue weighted by molar-refractivity contribution is 0.0243. The van der Waals surface area contributed by atoms with Gasteiger partial charge in [-0.1, -0.05) is 33.2 Å². The first-order valence-electron chi connectivity index (χ1n) is 6.16. The molecule has 1 unspecified atom stereocenters. The Morgan fingerprint density at radius 1 is 1.37 bits per heavy atom. The van der Waals surface area contributed by atoms with Crippen molar-refractivity contribution in [2.45, 2.75) is 18.4 Å². The predicted molar refractivity (Wildman–Crippen MR) is 72.6 cm³/mol. The van der Waals surface area contributed by atoms with Crippen LogP contribution in [0.4, 0.5) is 0 Å². The zero-order valence-electron chi connectivity index (χ0n) is 10.3. The van der Waals surface area contributed by atoms with Gasteiger partial charge in [0.25, 0.3) is 5.89 Å². The number of hydrogen-bond donors (Lipinski definition) is 2. The first-order valence-corrected chi connectivity index (χ1v) is 6.96. The minimum absolute atomic E-state index is 0.310. The van der Waals surface area contributed by atoms with Gasteiger partial charge in [0.2, 0.25) is 0 Å². The summed E-state index contributed by atoms with van der Waals surface area (Å²) in [6.45, 7) is 1.23. The van der Waals surface area contributed by atoms with Crippen molar-refractivity contribution in [3.05, 3.63) is 46.0 Å². The minimum Gasteiger partial charge on any atom is -0.379 e. The highest BCUT2D eigenvalue weighted by molar-refractivity contribution is 9.10. The van der Waals surface area contributed by atoms with E-state index >= 15 is 0 Å². The van der Waals surface area contributed by atoms with E-state index in [9.17, 15) is 5.11 Å². The van der Waals surface area contributed by atoms with Gasteiger partial charge < -0.3 is 14.9 Å². The van der Waals surface area contributed by atoms with Gasteiger partial charge in [-0.3, -0.25) is 0 Å². The third-order valence-electron chi connectivity index (χ3n) is 3.27. The Labute approximate surface area is 119 Å². The number of benzene rings is 1. The average molecular weight is 324 g/mol. The Hall–Kier alpha value is -1.24. The summed E-state index contributed by atoms with van der Waals surface area (Å²) in [5.41, 5.74) is 0.0948. The number of hydrogen-bond acceptors (Lipinski definition) is 5. The highest BCUT2D eigenvalue weighted by atomic mass is 79.9. The van der Waals surface area contributed by atoms with E-state index in [1.807, 2.05) is 24.3 Å². The van der Waals surface area contributed by atoms with Crippen molar-refractivity contribution >= 4 is 15.9 Å². The van der Waals surface area contributed by atoms with E-state index in [-0.39, 0.29) is 0 Å². The number of aromatic nitrogens is 2. The number of aliphatic hydroxyl groups is 1. The fourth-order valence-electron chi connectivity index (χ4n) is 2.16. The molecule has 0 spiro atoms. The first-order chi connectivity index (χ1) is 9.16. The fourth-order valence-corrected chi connectivity index (χ4v) is 2.43. The molecule has 2 N–H and O–H groups in total. The molecule has 0 bridgehead atoms. The maximum atomic E-state index is 10.3. The molecule has 6 heteroatoms. The van der Waals surface area contributed by atoms with Crippen LogP contribution in [-0.4, -0.2) is 28.3 Å². The Morgan fingerprint density at radius 3 is 2.84 bits per heavy atom. The summed E-state index contributed by atoms with van der Waals surface area (Å²) in [7, 11) is 0. The predicted octanol–water partition coefficient (Wildman–Crippen LogP) is 1.60. The summed E-state index contributed by atoms with van der Waals surface area (Å²) in [5, 5.41) is 17.3. The maximum absolute atomic E-state index is 10.3. The van der Waals surface area contributed by atoms with Crippen molar-refractivity contribution in [1.29, 1.82) is 0 Å². The molecule has 1 aliphatic heterocycles. The van der Waals surface area contributed by atoms with Crippen LogP contribution in [0.5, 0.6) is 0 Å². The van der Waals surface area contributed by atoms with Crippen LogP contribution in [0.15, 0.2) is 33.3 Å². The van der Waals surface area contributed by atoms with E-state index in [0.717, 1.165) is 16.6 Å². The second-order valence-electron chi connectivity index (χ2n) is 4.78. The van der Waals surface area contributed by atoms with Crippen LogP contribution in [0.1, 0.15) is 23.7 Å². The molecule has 1 aromatic carbocycles. The van der Waals surface area contributed by atoms with Gasteiger partial charge in [0.1, 0.15) is 0 Å². The molecule has 3 rings (SSSR count). The smallest absolute Gasteiger partial charge is 0.259 e. The molecule has 0 amide bonds. The number of rotatable bonds is 3. The second kappa shape index (κ2) is 5.03. The van der Waals surface area contributed by atoms with Gasteiger partial charge >= 0.3 is 0 Å². The van der Waals surface area contributed by atoms with E-state index in [1.165, 1.54) is 0 Å². The second-order valence-corrected chi connectivity index (χ2v) is 5.69. The lowest BCUT2D eigenvalue weighted by Crippen LogP contribution is -2.28. The average Bonchev–Trinajstić information content (AvgIpc) is 3.02. The van der Waals surface area contributed by atoms with Crippen LogP contribution in [0.2, 0.25) is 0 Å². The van der Waals surface area contributed by atoms with Crippen molar-refractivity contribution in [2.24, 2.45) is 0 Å². The van der Waals surface area contributed by atoms with Crippen molar-refractivity contribution in [3.63, 3.8) is 0 Å². The molecule has 100 valence electrons. The third kappa shape index (κ3) is 2.70. The van der Waals surface area contributed by atoms with Crippen molar-refractivity contribution in [2.75, 3.05) is 13.1 Å². The molecule has 2 heterocycles. The minimum atomic E-state index is -1.01. The summed E-state index contributed by atoms with van der Waals surface area (Å²) < 4.78 is 6.23.